The minimum Gasteiger partial charge on any atom is -0.331 e. The molecule has 18 heavy (non-hydrogen) atoms. The topological polar surface area (TPSA) is 44.5 Å². The fraction of sp³-hybridized carbons (Fsp3) is 0.143. The maximum absolute atomic E-state index is 5.10. The summed E-state index contributed by atoms with van der Waals surface area (Å²) in [4.78, 5) is 10.6. The Morgan fingerprint density at radius 2 is 1.83 bits per heavy atom. The molecule has 0 bridgehead atoms. The zero-order valence-electron chi connectivity index (χ0n) is 10.2. The van der Waals surface area contributed by atoms with Crippen LogP contribution in [0.5, 0.6) is 0 Å². The van der Waals surface area contributed by atoms with E-state index in [0.29, 0.717) is 4.77 Å². The van der Waals surface area contributed by atoms with Gasteiger partial charge in [-0.3, -0.25) is 4.98 Å². The van der Waals surface area contributed by atoms with Gasteiger partial charge in [0, 0.05) is 11.9 Å². The number of H-pyrrole nitrogens is 2. The van der Waals surface area contributed by atoms with Gasteiger partial charge in [0.15, 0.2) is 4.77 Å². The zero-order chi connectivity index (χ0) is 12.7. The van der Waals surface area contributed by atoms with Gasteiger partial charge in [0.2, 0.25) is 0 Å². The fourth-order valence-electron chi connectivity index (χ4n) is 2.15. The van der Waals surface area contributed by atoms with Crippen molar-refractivity contribution >= 4 is 23.3 Å². The first-order valence-electron chi connectivity index (χ1n) is 5.80. The van der Waals surface area contributed by atoms with Crippen molar-refractivity contribution in [2.75, 3.05) is 0 Å². The molecule has 0 aliphatic carbocycles. The van der Waals surface area contributed by atoms with Gasteiger partial charge in [-0.25, -0.2) is 0 Å². The van der Waals surface area contributed by atoms with Crippen LogP contribution in [0, 0.1) is 18.6 Å². The number of hydrogen-bond acceptors (Lipinski definition) is 2. The van der Waals surface area contributed by atoms with Gasteiger partial charge in [-0.1, -0.05) is 6.07 Å². The molecule has 2 N–H and O–H groups in total. The van der Waals surface area contributed by atoms with E-state index in [1.807, 2.05) is 25.3 Å². The predicted molar refractivity (Wildman–Crippen MR) is 76.2 cm³/mol. The summed E-state index contributed by atoms with van der Waals surface area (Å²) in [5, 5.41) is 0. The van der Waals surface area contributed by atoms with Gasteiger partial charge in [0.25, 0.3) is 0 Å². The number of fused-ring (bicyclic) bond motifs is 1. The first kappa shape index (κ1) is 11.2. The molecule has 0 radical (unpaired) electrons. The second-order valence-electron chi connectivity index (χ2n) is 4.41. The van der Waals surface area contributed by atoms with Crippen LogP contribution in [0.15, 0.2) is 30.5 Å². The molecule has 90 valence electrons. The van der Waals surface area contributed by atoms with Crippen molar-refractivity contribution in [3.8, 4) is 11.1 Å². The van der Waals surface area contributed by atoms with E-state index in [2.05, 4.69) is 34.0 Å². The van der Waals surface area contributed by atoms with Crippen LogP contribution in [-0.2, 0) is 0 Å². The molecule has 0 fully saturated rings. The predicted octanol–water partition coefficient (Wildman–Crippen LogP) is 3.90. The third kappa shape index (κ3) is 1.75. The summed E-state index contributed by atoms with van der Waals surface area (Å²) < 4.78 is 0.657. The Kier molecular flexibility index (Phi) is 2.52. The molecule has 0 saturated heterocycles. The van der Waals surface area contributed by atoms with Gasteiger partial charge in [-0.05, 0) is 61.0 Å². The molecule has 2 heterocycles. The number of aromatic nitrogens is 3. The van der Waals surface area contributed by atoms with E-state index in [1.165, 1.54) is 16.7 Å². The Balaban J connectivity index is 2.25. The molecule has 0 spiro atoms. The average molecular weight is 255 g/mol. The highest BCUT2D eigenvalue weighted by atomic mass is 32.1. The third-order valence-electron chi connectivity index (χ3n) is 3.28. The van der Waals surface area contributed by atoms with Crippen LogP contribution in [0.25, 0.3) is 22.2 Å². The van der Waals surface area contributed by atoms with E-state index in [1.54, 1.807) is 0 Å². The highest BCUT2D eigenvalue weighted by Gasteiger charge is 2.06. The first-order valence-corrected chi connectivity index (χ1v) is 6.20. The van der Waals surface area contributed by atoms with E-state index in [9.17, 15) is 0 Å². The average Bonchev–Trinajstić information content (AvgIpc) is 2.71. The monoisotopic (exact) mass is 255 g/mol. The van der Waals surface area contributed by atoms with Crippen molar-refractivity contribution in [3.05, 3.63) is 46.5 Å². The van der Waals surface area contributed by atoms with Crippen LogP contribution in [0.1, 0.15) is 11.3 Å². The van der Waals surface area contributed by atoms with Crippen molar-refractivity contribution in [1.29, 1.82) is 0 Å². The summed E-state index contributed by atoms with van der Waals surface area (Å²) in [6, 6.07) is 8.31. The lowest BCUT2D eigenvalue weighted by Gasteiger charge is -2.07. The number of benzene rings is 1. The number of imidazole rings is 1. The normalized spacial score (nSPS) is 11.0. The molecule has 0 saturated carbocycles. The van der Waals surface area contributed by atoms with Crippen LogP contribution < -0.4 is 0 Å². The van der Waals surface area contributed by atoms with Crippen molar-refractivity contribution in [2.24, 2.45) is 0 Å². The standard InChI is InChI=1S/C14H13N3S/c1-8-9(2)15-6-5-11(8)10-3-4-12-13(7-10)17-14(18)16-12/h3-7H,1-2H3,(H2,16,17,18). The SMILES string of the molecule is Cc1nccc(-c2ccc3[nH]c(=S)[nH]c3c2)c1C. The zero-order valence-corrected chi connectivity index (χ0v) is 11.1. The molecule has 0 amide bonds. The Hall–Kier alpha value is -1.94. The van der Waals surface area contributed by atoms with Crippen molar-refractivity contribution in [2.45, 2.75) is 13.8 Å². The Morgan fingerprint density at radius 3 is 2.67 bits per heavy atom. The quantitative estimate of drug-likeness (QED) is 0.648. The number of aromatic amines is 2. The molecule has 3 rings (SSSR count). The van der Waals surface area contributed by atoms with Crippen LogP contribution in [0.2, 0.25) is 0 Å². The molecule has 4 heteroatoms. The second-order valence-corrected chi connectivity index (χ2v) is 4.82. The van der Waals surface area contributed by atoms with Crippen LogP contribution >= 0.6 is 12.2 Å². The smallest absolute Gasteiger partial charge is 0.175 e. The van der Waals surface area contributed by atoms with Gasteiger partial charge >= 0.3 is 0 Å². The van der Waals surface area contributed by atoms with Gasteiger partial charge in [0.1, 0.15) is 0 Å². The number of pyridine rings is 1. The van der Waals surface area contributed by atoms with Crippen molar-refractivity contribution in [3.63, 3.8) is 0 Å². The van der Waals surface area contributed by atoms with E-state index in [-0.39, 0.29) is 0 Å². The first-order chi connectivity index (χ1) is 8.65. The summed E-state index contributed by atoms with van der Waals surface area (Å²) in [5.74, 6) is 0. The van der Waals surface area contributed by atoms with E-state index in [4.69, 9.17) is 12.2 Å². The van der Waals surface area contributed by atoms with Gasteiger partial charge in [-0.2, -0.15) is 0 Å². The second kappa shape index (κ2) is 4.07. The number of nitrogens with zero attached hydrogens (tertiary/aromatic N) is 1. The minimum atomic E-state index is 0.657. The molecule has 1 aromatic carbocycles. The van der Waals surface area contributed by atoms with Crippen LogP contribution in [-0.4, -0.2) is 15.0 Å². The molecule has 2 aromatic heterocycles. The molecule has 0 aliphatic heterocycles. The molecule has 3 nitrogen and oxygen atoms in total. The van der Waals surface area contributed by atoms with E-state index >= 15 is 0 Å². The minimum absolute atomic E-state index is 0.657. The van der Waals surface area contributed by atoms with Crippen LogP contribution in [0.3, 0.4) is 0 Å². The van der Waals surface area contributed by atoms with Crippen molar-refractivity contribution < 1.29 is 0 Å². The maximum Gasteiger partial charge on any atom is 0.175 e. The highest BCUT2D eigenvalue weighted by molar-refractivity contribution is 7.71. The Labute approximate surface area is 110 Å². The van der Waals surface area contributed by atoms with Crippen molar-refractivity contribution in [1.82, 2.24) is 15.0 Å². The summed E-state index contributed by atoms with van der Waals surface area (Å²) >= 11 is 5.10. The summed E-state index contributed by atoms with van der Waals surface area (Å²) in [6.45, 7) is 4.13. The maximum atomic E-state index is 5.10. The highest BCUT2D eigenvalue weighted by Crippen LogP contribution is 2.26. The van der Waals surface area contributed by atoms with E-state index in [0.717, 1.165) is 16.7 Å². The molecule has 3 aromatic rings. The number of nitrogens with one attached hydrogen (secondary N) is 2. The lowest BCUT2D eigenvalue weighted by atomic mass is 10.0. The van der Waals surface area contributed by atoms with Gasteiger partial charge < -0.3 is 9.97 Å². The largest absolute Gasteiger partial charge is 0.331 e. The van der Waals surface area contributed by atoms with E-state index < -0.39 is 0 Å². The fourth-order valence-corrected chi connectivity index (χ4v) is 2.37. The lowest BCUT2D eigenvalue weighted by molar-refractivity contribution is 1.15. The molecular weight excluding hydrogens is 242 g/mol. The van der Waals surface area contributed by atoms with Gasteiger partial charge in [0.05, 0.1) is 11.0 Å². The number of hydrogen-bond donors (Lipinski definition) is 2. The lowest BCUT2D eigenvalue weighted by Crippen LogP contribution is -1.90. The number of rotatable bonds is 1. The molecular formula is C14H13N3S. The summed E-state index contributed by atoms with van der Waals surface area (Å²) in [5.41, 5.74) is 6.74. The summed E-state index contributed by atoms with van der Waals surface area (Å²) in [6.07, 6.45) is 1.85. The summed E-state index contributed by atoms with van der Waals surface area (Å²) in [7, 11) is 0. The number of aryl methyl sites for hydroxylation is 1. The molecule has 0 unspecified atom stereocenters. The van der Waals surface area contributed by atoms with Gasteiger partial charge in [-0.15, -0.1) is 0 Å². The van der Waals surface area contributed by atoms with Crippen LogP contribution in [0.4, 0.5) is 0 Å². The molecule has 0 atom stereocenters. The molecule has 0 aliphatic rings. The Morgan fingerprint density at radius 1 is 1.06 bits per heavy atom. The Bertz CT molecular complexity index is 783. The third-order valence-corrected chi connectivity index (χ3v) is 3.49.